The quantitative estimate of drug-likeness (QED) is 0.501. The molecule has 110 valence electrons. The SMILES string of the molecule is C=C(/C=N\CC)COC(OC)N1CCC(CC)CC1. The highest BCUT2D eigenvalue weighted by Crippen LogP contribution is 2.22. The number of likely N-dealkylation sites (tertiary alicyclic amines) is 1. The summed E-state index contributed by atoms with van der Waals surface area (Å²) < 4.78 is 11.2. The summed E-state index contributed by atoms with van der Waals surface area (Å²) in [6.45, 7) is 11.5. The molecule has 0 aliphatic carbocycles. The van der Waals surface area contributed by atoms with E-state index in [9.17, 15) is 0 Å². The third kappa shape index (κ3) is 5.85. The molecule has 0 aromatic heterocycles. The van der Waals surface area contributed by atoms with Gasteiger partial charge in [-0.25, -0.2) is 0 Å². The van der Waals surface area contributed by atoms with Gasteiger partial charge in [-0.05, 0) is 31.3 Å². The van der Waals surface area contributed by atoms with Crippen molar-refractivity contribution in [1.82, 2.24) is 4.90 Å². The van der Waals surface area contributed by atoms with E-state index in [2.05, 4.69) is 23.4 Å². The summed E-state index contributed by atoms with van der Waals surface area (Å²) in [6, 6.07) is 0. The lowest BCUT2D eigenvalue weighted by Gasteiger charge is -2.35. The van der Waals surface area contributed by atoms with Gasteiger partial charge >= 0.3 is 0 Å². The van der Waals surface area contributed by atoms with Crippen LogP contribution in [0.15, 0.2) is 17.1 Å². The first kappa shape index (κ1) is 16.3. The van der Waals surface area contributed by atoms with E-state index in [4.69, 9.17) is 9.47 Å². The highest BCUT2D eigenvalue weighted by molar-refractivity contribution is 5.77. The maximum atomic E-state index is 5.77. The maximum absolute atomic E-state index is 5.77. The van der Waals surface area contributed by atoms with Gasteiger partial charge in [-0.15, -0.1) is 0 Å². The Balaban J connectivity index is 2.33. The Labute approximate surface area is 117 Å². The Morgan fingerprint density at radius 1 is 1.42 bits per heavy atom. The summed E-state index contributed by atoms with van der Waals surface area (Å²) in [5.74, 6) is 0.861. The van der Waals surface area contributed by atoms with Gasteiger partial charge in [0.25, 0.3) is 0 Å². The average molecular weight is 268 g/mol. The lowest BCUT2D eigenvalue weighted by molar-refractivity contribution is -0.211. The van der Waals surface area contributed by atoms with E-state index in [1.165, 1.54) is 19.3 Å². The van der Waals surface area contributed by atoms with Crippen LogP contribution in [0.25, 0.3) is 0 Å². The third-order valence-corrected chi connectivity index (χ3v) is 3.59. The fourth-order valence-electron chi connectivity index (χ4n) is 2.33. The molecule has 1 atom stereocenters. The van der Waals surface area contributed by atoms with Crippen LogP contribution in [0.2, 0.25) is 0 Å². The van der Waals surface area contributed by atoms with Gasteiger partial charge in [0.1, 0.15) is 0 Å². The van der Waals surface area contributed by atoms with Crippen molar-refractivity contribution in [2.24, 2.45) is 10.9 Å². The van der Waals surface area contributed by atoms with E-state index in [0.717, 1.165) is 31.1 Å². The minimum Gasteiger partial charge on any atom is -0.343 e. The molecule has 0 saturated carbocycles. The molecule has 0 spiro atoms. The zero-order valence-corrected chi connectivity index (χ0v) is 12.6. The van der Waals surface area contributed by atoms with Crippen molar-refractivity contribution in [2.45, 2.75) is 39.5 Å². The first-order chi connectivity index (χ1) is 9.21. The van der Waals surface area contributed by atoms with Crippen LogP contribution in [0.4, 0.5) is 0 Å². The molecule has 1 aliphatic rings. The summed E-state index contributed by atoms with van der Waals surface area (Å²) in [5.41, 5.74) is 0.882. The van der Waals surface area contributed by atoms with Crippen molar-refractivity contribution in [3.05, 3.63) is 12.2 Å². The van der Waals surface area contributed by atoms with Crippen LogP contribution in [0.5, 0.6) is 0 Å². The summed E-state index contributed by atoms with van der Waals surface area (Å²) in [5, 5.41) is 0. The van der Waals surface area contributed by atoms with Crippen LogP contribution < -0.4 is 0 Å². The number of hydrogen-bond acceptors (Lipinski definition) is 4. The van der Waals surface area contributed by atoms with Crippen LogP contribution in [-0.2, 0) is 9.47 Å². The topological polar surface area (TPSA) is 34.1 Å². The number of aliphatic imine (C=N–C) groups is 1. The van der Waals surface area contributed by atoms with Crippen molar-refractivity contribution < 1.29 is 9.47 Å². The fraction of sp³-hybridized carbons (Fsp3) is 0.800. The molecule has 0 aromatic carbocycles. The molecule has 1 unspecified atom stereocenters. The highest BCUT2D eigenvalue weighted by Gasteiger charge is 2.24. The molecule has 1 saturated heterocycles. The molecular formula is C15H28N2O2. The molecule has 1 heterocycles. The first-order valence-corrected chi connectivity index (χ1v) is 7.27. The monoisotopic (exact) mass is 268 g/mol. The van der Waals surface area contributed by atoms with Gasteiger partial charge < -0.3 is 9.47 Å². The Kier molecular flexibility index (Phi) is 7.94. The number of nitrogens with zero attached hydrogens (tertiary/aromatic N) is 2. The zero-order valence-electron chi connectivity index (χ0n) is 12.6. The largest absolute Gasteiger partial charge is 0.343 e. The molecule has 0 N–H and O–H groups in total. The molecule has 0 amide bonds. The summed E-state index contributed by atoms with van der Waals surface area (Å²) in [7, 11) is 1.69. The van der Waals surface area contributed by atoms with Gasteiger partial charge in [-0.1, -0.05) is 19.9 Å². The standard InChI is InChI=1S/C15H28N2O2/c1-5-14-7-9-17(10-8-14)15(18-4)19-12-13(3)11-16-6-2/h11,14-15H,3,5-10,12H2,1-2,4H3/b16-11-. The van der Waals surface area contributed by atoms with E-state index in [0.29, 0.717) is 6.61 Å². The number of piperidine rings is 1. The molecule has 4 heteroatoms. The summed E-state index contributed by atoms with van der Waals surface area (Å²) >= 11 is 0. The van der Waals surface area contributed by atoms with Gasteiger partial charge in [-0.3, -0.25) is 9.89 Å². The predicted molar refractivity (Wildman–Crippen MR) is 79.5 cm³/mol. The minimum atomic E-state index is -0.260. The molecule has 0 radical (unpaired) electrons. The van der Waals surface area contributed by atoms with Crippen molar-refractivity contribution in [2.75, 3.05) is 33.4 Å². The lowest BCUT2D eigenvalue weighted by Crippen LogP contribution is -2.44. The fourth-order valence-corrected chi connectivity index (χ4v) is 2.33. The molecule has 19 heavy (non-hydrogen) atoms. The second kappa shape index (κ2) is 9.23. The van der Waals surface area contributed by atoms with E-state index in [-0.39, 0.29) is 6.41 Å². The van der Waals surface area contributed by atoms with Crippen molar-refractivity contribution in [1.29, 1.82) is 0 Å². The van der Waals surface area contributed by atoms with Crippen LogP contribution in [-0.4, -0.2) is 50.9 Å². The summed E-state index contributed by atoms with van der Waals surface area (Å²) in [6.07, 6.45) is 5.26. The van der Waals surface area contributed by atoms with E-state index < -0.39 is 0 Å². The van der Waals surface area contributed by atoms with Gasteiger partial charge in [-0.2, -0.15) is 0 Å². The number of methoxy groups -OCH3 is 1. The third-order valence-electron chi connectivity index (χ3n) is 3.59. The van der Waals surface area contributed by atoms with E-state index >= 15 is 0 Å². The second-order valence-electron chi connectivity index (χ2n) is 5.03. The molecular weight excluding hydrogens is 240 g/mol. The molecule has 4 nitrogen and oxygen atoms in total. The lowest BCUT2D eigenvalue weighted by atomic mass is 9.95. The second-order valence-corrected chi connectivity index (χ2v) is 5.03. The number of rotatable bonds is 8. The molecule has 0 aromatic rings. The maximum Gasteiger partial charge on any atom is 0.218 e. The van der Waals surface area contributed by atoms with Crippen LogP contribution in [0.1, 0.15) is 33.1 Å². The van der Waals surface area contributed by atoms with Gasteiger partial charge in [0.15, 0.2) is 0 Å². The van der Waals surface area contributed by atoms with Gasteiger partial charge in [0.05, 0.1) is 6.61 Å². The first-order valence-electron chi connectivity index (χ1n) is 7.27. The Bertz CT molecular complexity index is 284. The van der Waals surface area contributed by atoms with Crippen molar-refractivity contribution in [3.63, 3.8) is 0 Å². The van der Waals surface area contributed by atoms with Crippen LogP contribution in [0, 0.1) is 5.92 Å². The Morgan fingerprint density at radius 2 is 2.11 bits per heavy atom. The van der Waals surface area contributed by atoms with Crippen molar-refractivity contribution >= 4 is 6.21 Å². The Morgan fingerprint density at radius 3 is 2.63 bits per heavy atom. The van der Waals surface area contributed by atoms with Crippen LogP contribution >= 0.6 is 0 Å². The molecule has 0 bridgehead atoms. The van der Waals surface area contributed by atoms with Gasteiger partial charge in [0.2, 0.25) is 6.41 Å². The molecule has 1 aliphatic heterocycles. The minimum absolute atomic E-state index is 0.260. The van der Waals surface area contributed by atoms with E-state index in [1.807, 2.05) is 6.92 Å². The van der Waals surface area contributed by atoms with Gasteiger partial charge in [0, 0.05) is 33.0 Å². The molecule has 1 rings (SSSR count). The average Bonchev–Trinajstić information content (AvgIpc) is 2.46. The molecule has 1 fully saturated rings. The summed E-state index contributed by atoms with van der Waals surface area (Å²) in [4.78, 5) is 6.41. The van der Waals surface area contributed by atoms with Crippen LogP contribution in [0.3, 0.4) is 0 Å². The number of ether oxygens (including phenoxy) is 2. The predicted octanol–water partition coefficient (Wildman–Crippen LogP) is 2.70. The van der Waals surface area contributed by atoms with Crippen molar-refractivity contribution in [3.8, 4) is 0 Å². The van der Waals surface area contributed by atoms with E-state index in [1.54, 1.807) is 13.3 Å². The zero-order chi connectivity index (χ0) is 14.1. The Hall–Kier alpha value is -0.710. The normalized spacial score (nSPS) is 19.9. The highest BCUT2D eigenvalue weighted by atomic mass is 16.7. The number of hydrogen-bond donors (Lipinski definition) is 0. The smallest absolute Gasteiger partial charge is 0.218 e.